The molecule has 0 spiro atoms. The predicted molar refractivity (Wildman–Crippen MR) is 83.7 cm³/mol. The van der Waals surface area contributed by atoms with Gasteiger partial charge in [-0.2, -0.15) is 11.3 Å². The van der Waals surface area contributed by atoms with E-state index in [1.807, 2.05) is 24.3 Å². The number of fused-ring (bicyclic) bond motifs is 1. The highest BCUT2D eigenvalue weighted by Crippen LogP contribution is 2.30. The third kappa shape index (κ3) is 3.03. The molecule has 6 heteroatoms. The van der Waals surface area contributed by atoms with Crippen LogP contribution in [0.1, 0.15) is 27.5 Å². The first-order chi connectivity index (χ1) is 10.6. The number of hydrogen-bond acceptors (Lipinski definition) is 4. The minimum atomic E-state index is -0.631. The fourth-order valence-electron chi connectivity index (χ4n) is 2.63. The van der Waals surface area contributed by atoms with Crippen molar-refractivity contribution in [3.05, 3.63) is 57.8 Å². The number of aliphatic hydroxyl groups excluding tert-OH is 1. The van der Waals surface area contributed by atoms with E-state index in [4.69, 9.17) is 0 Å². The molecule has 3 rings (SSSR count). The number of benzene rings is 1. The maximum atomic E-state index is 12.0. The topological polar surface area (TPSA) is 78.4 Å². The van der Waals surface area contributed by atoms with Crippen LogP contribution in [-0.4, -0.2) is 29.6 Å². The van der Waals surface area contributed by atoms with Gasteiger partial charge >= 0.3 is 0 Å². The van der Waals surface area contributed by atoms with Crippen LogP contribution < -0.4 is 10.6 Å². The summed E-state index contributed by atoms with van der Waals surface area (Å²) in [5.74, 6) is -0.590. The van der Waals surface area contributed by atoms with Crippen LogP contribution in [0.3, 0.4) is 0 Å². The molecule has 1 aromatic heterocycles. The zero-order chi connectivity index (χ0) is 15.5. The van der Waals surface area contributed by atoms with E-state index in [1.54, 1.807) is 16.8 Å². The van der Waals surface area contributed by atoms with Crippen LogP contribution >= 0.6 is 11.3 Å². The number of carbonyl (C=O) groups excluding carboxylic acids is 2. The lowest BCUT2D eigenvalue weighted by Gasteiger charge is -2.18. The predicted octanol–water partition coefficient (Wildman–Crippen LogP) is 1.25. The van der Waals surface area contributed by atoms with E-state index in [2.05, 4.69) is 10.6 Å². The maximum absolute atomic E-state index is 12.0. The van der Waals surface area contributed by atoms with Crippen LogP contribution in [0.5, 0.6) is 0 Å². The lowest BCUT2D eigenvalue weighted by Crippen LogP contribution is -2.40. The van der Waals surface area contributed by atoms with Crippen LogP contribution in [0.4, 0.5) is 0 Å². The van der Waals surface area contributed by atoms with E-state index in [0.29, 0.717) is 12.0 Å². The Morgan fingerprint density at radius 2 is 2.09 bits per heavy atom. The van der Waals surface area contributed by atoms with Gasteiger partial charge in [0, 0.05) is 17.4 Å². The number of thiophene rings is 1. The van der Waals surface area contributed by atoms with Gasteiger partial charge in [0.15, 0.2) is 0 Å². The third-order valence-corrected chi connectivity index (χ3v) is 4.40. The molecule has 2 unspecified atom stereocenters. The smallest absolute Gasteiger partial charge is 0.252 e. The largest absolute Gasteiger partial charge is 0.390 e. The Morgan fingerprint density at radius 3 is 2.86 bits per heavy atom. The summed E-state index contributed by atoms with van der Waals surface area (Å²) in [6.07, 6.45) is -0.100. The van der Waals surface area contributed by atoms with Gasteiger partial charge in [0.25, 0.3) is 5.91 Å². The van der Waals surface area contributed by atoms with Gasteiger partial charge < -0.3 is 15.7 Å². The van der Waals surface area contributed by atoms with Crippen molar-refractivity contribution in [2.45, 2.75) is 18.6 Å². The van der Waals surface area contributed by atoms with E-state index >= 15 is 0 Å². The molecule has 5 nitrogen and oxygen atoms in total. The Kier molecular flexibility index (Phi) is 4.22. The molecule has 1 aromatic carbocycles. The van der Waals surface area contributed by atoms with Gasteiger partial charge in [-0.3, -0.25) is 9.59 Å². The molecule has 2 aromatic rings. The molecule has 1 aliphatic rings. The van der Waals surface area contributed by atoms with Crippen molar-refractivity contribution in [3.63, 3.8) is 0 Å². The van der Waals surface area contributed by atoms with Crippen LogP contribution in [0.25, 0.3) is 0 Å². The Balaban J connectivity index is 1.57. The number of amides is 2. The van der Waals surface area contributed by atoms with Crippen molar-refractivity contribution in [1.82, 2.24) is 10.6 Å². The summed E-state index contributed by atoms with van der Waals surface area (Å²) in [6.45, 7) is -0.111. The summed E-state index contributed by atoms with van der Waals surface area (Å²) in [5.41, 5.74) is 2.53. The van der Waals surface area contributed by atoms with E-state index in [9.17, 15) is 14.7 Å². The first kappa shape index (κ1) is 14.7. The lowest BCUT2D eigenvalue weighted by atomic mass is 10.1. The van der Waals surface area contributed by atoms with Crippen molar-refractivity contribution in [3.8, 4) is 0 Å². The van der Waals surface area contributed by atoms with Crippen molar-refractivity contribution in [2.75, 3.05) is 6.54 Å². The highest BCUT2D eigenvalue weighted by molar-refractivity contribution is 7.08. The minimum absolute atomic E-state index is 0.111. The van der Waals surface area contributed by atoms with Gasteiger partial charge in [0.2, 0.25) is 5.91 Å². The monoisotopic (exact) mass is 316 g/mol. The van der Waals surface area contributed by atoms with E-state index in [0.717, 1.165) is 11.1 Å². The fourth-order valence-corrected chi connectivity index (χ4v) is 3.26. The number of aliphatic hydroxyl groups is 1. The molecule has 0 saturated carbocycles. The Morgan fingerprint density at radius 1 is 1.27 bits per heavy atom. The summed E-state index contributed by atoms with van der Waals surface area (Å²) in [6, 6.07) is 8.94. The molecular formula is C16H16N2O3S. The second-order valence-electron chi connectivity index (χ2n) is 5.21. The summed E-state index contributed by atoms with van der Waals surface area (Å²) >= 11 is 1.43. The second-order valence-corrected chi connectivity index (χ2v) is 5.99. The van der Waals surface area contributed by atoms with Crippen molar-refractivity contribution >= 4 is 23.2 Å². The molecule has 1 aliphatic carbocycles. The fraction of sp³-hybridized carbons (Fsp3) is 0.250. The van der Waals surface area contributed by atoms with Crippen LogP contribution in [-0.2, 0) is 11.2 Å². The number of nitrogens with one attached hydrogen (secondary N) is 2. The Hall–Kier alpha value is -2.18. The quantitative estimate of drug-likeness (QED) is 0.794. The average molecular weight is 316 g/mol. The summed E-state index contributed by atoms with van der Waals surface area (Å²) < 4.78 is 0. The normalized spacial score (nSPS) is 19.5. The number of rotatable bonds is 4. The molecule has 0 radical (unpaired) electrons. The van der Waals surface area contributed by atoms with Crippen LogP contribution in [0, 0.1) is 0 Å². The average Bonchev–Trinajstić information content (AvgIpc) is 3.14. The van der Waals surface area contributed by atoms with Crippen molar-refractivity contribution in [1.29, 1.82) is 0 Å². The lowest BCUT2D eigenvalue weighted by molar-refractivity contribution is -0.121. The number of hydrogen-bond donors (Lipinski definition) is 3. The highest BCUT2D eigenvalue weighted by Gasteiger charge is 2.31. The van der Waals surface area contributed by atoms with E-state index in [-0.39, 0.29) is 18.4 Å². The highest BCUT2D eigenvalue weighted by atomic mass is 32.1. The summed E-state index contributed by atoms with van der Waals surface area (Å²) in [5, 5.41) is 19.0. The molecule has 1 heterocycles. The van der Waals surface area contributed by atoms with Gasteiger partial charge in [0.05, 0.1) is 18.7 Å². The first-order valence-electron chi connectivity index (χ1n) is 7.01. The van der Waals surface area contributed by atoms with Crippen molar-refractivity contribution < 1.29 is 14.7 Å². The molecule has 2 amide bonds. The molecule has 2 atom stereocenters. The molecule has 3 N–H and O–H groups in total. The van der Waals surface area contributed by atoms with Gasteiger partial charge in [0.1, 0.15) is 0 Å². The minimum Gasteiger partial charge on any atom is -0.390 e. The molecular weight excluding hydrogens is 300 g/mol. The first-order valence-corrected chi connectivity index (χ1v) is 7.95. The van der Waals surface area contributed by atoms with E-state index < -0.39 is 12.1 Å². The van der Waals surface area contributed by atoms with Crippen molar-refractivity contribution in [2.24, 2.45) is 0 Å². The molecule has 0 fully saturated rings. The molecule has 114 valence electrons. The van der Waals surface area contributed by atoms with E-state index in [1.165, 1.54) is 11.3 Å². The molecule has 22 heavy (non-hydrogen) atoms. The molecule has 0 bridgehead atoms. The van der Waals surface area contributed by atoms with Gasteiger partial charge in [-0.15, -0.1) is 0 Å². The Labute approximate surface area is 132 Å². The van der Waals surface area contributed by atoms with Gasteiger partial charge in [-0.1, -0.05) is 24.3 Å². The second kappa shape index (κ2) is 6.29. The Bertz CT molecular complexity index is 684. The summed E-state index contributed by atoms with van der Waals surface area (Å²) in [4.78, 5) is 23.8. The SMILES string of the molecule is O=C(CNC(=O)c1ccsc1)NC1c2ccccc2CC1O. The number of carbonyl (C=O) groups is 2. The molecule has 0 saturated heterocycles. The zero-order valence-electron chi connectivity index (χ0n) is 11.8. The maximum Gasteiger partial charge on any atom is 0.252 e. The summed E-state index contributed by atoms with van der Waals surface area (Å²) in [7, 11) is 0. The molecule has 0 aliphatic heterocycles. The standard InChI is InChI=1S/C16H16N2O3S/c19-13-7-10-3-1-2-4-12(10)15(13)18-14(20)8-17-16(21)11-5-6-22-9-11/h1-6,9,13,15,19H,7-8H2,(H,17,21)(H,18,20). The van der Waals surface area contributed by atoms with Crippen LogP contribution in [0.15, 0.2) is 41.1 Å². The van der Waals surface area contributed by atoms with Gasteiger partial charge in [-0.25, -0.2) is 0 Å². The zero-order valence-corrected chi connectivity index (χ0v) is 12.6. The van der Waals surface area contributed by atoms with Gasteiger partial charge in [-0.05, 0) is 22.6 Å². The third-order valence-electron chi connectivity index (χ3n) is 3.71. The van der Waals surface area contributed by atoms with Crippen LogP contribution in [0.2, 0.25) is 0 Å².